The van der Waals surface area contributed by atoms with Crippen molar-refractivity contribution >= 4 is 28.9 Å². The first-order valence-corrected chi connectivity index (χ1v) is 10.7. The maximum absolute atomic E-state index is 12.9. The van der Waals surface area contributed by atoms with Gasteiger partial charge in [0.1, 0.15) is 5.75 Å². The first-order chi connectivity index (χ1) is 14.5. The zero-order chi connectivity index (χ0) is 21.3. The summed E-state index contributed by atoms with van der Waals surface area (Å²) in [6.45, 7) is 4.20. The van der Waals surface area contributed by atoms with E-state index < -0.39 is 12.1 Å². The van der Waals surface area contributed by atoms with Crippen LogP contribution in [0.5, 0.6) is 5.75 Å². The number of fused-ring (bicyclic) bond motifs is 1. The lowest BCUT2D eigenvalue weighted by molar-refractivity contribution is -0.125. The number of carboxylic acids is 1. The Balaban J connectivity index is 1.67. The summed E-state index contributed by atoms with van der Waals surface area (Å²) in [5.74, 6) is -0.456. The van der Waals surface area contributed by atoms with Gasteiger partial charge in [-0.1, -0.05) is 19.1 Å². The molecule has 1 aliphatic rings. The predicted octanol–water partition coefficient (Wildman–Crippen LogP) is 4.77. The number of carboxylic acid groups (broad SMARTS) is 1. The maximum Gasteiger partial charge on any atom is 0.335 e. The van der Waals surface area contributed by atoms with Crippen molar-refractivity contribution in [3.05, 3.63) is 64.0 Å². The number of nitrogens with zero attached hydrogens (tertiary/aromatic N) is 2. The van der Waals surface area contributed by atoms with Gasteiger partial charge in [-0.2, -0.15) is 0 Å². The van der Waals surface area contributed by atoms with Crippen molar-refractivity contribution in [3.8, 4) is 17.0 Å². The highest BCUT2D eigenvalue weighted by Gasteiger charge is 2.32. The molecule has 0 saturated carbocycles. The zero-order valence-electron chi connectivity index (χ0n) is 16.8. The number of rotatable bonds is 6. The molecule has 0 spiro atoms. The Hall–Kier alpha value is -3.19. The van der Waals surface area contributed by atoms with E-state index in [1.807, 2.05) is 23.6 Å². The molecule has 154 valence electrons. The van der Waals surface area contributed by atoms with E-state index in [9.17, 15) is 9.59 Å². The maximum atomic E-state index is 12.9. The SMILES string of the molecule is CCCc1nc(-c2ccc3c(c2)N(Cc2ccc(C(=O)O)cc2)C(=O)C(C)O3)cs1. The number of anilines is 1. The quantitative estimate of drug-likeness (QED) is 0.619. The van der Waals surface area contributed by atoms with Crippen LogP contribution >= 0.6 is 11.3 Å². The third kappa shape index (κ3) is 3.93. The number of aromatic carboxylic acids is 1. The second-order valence-corrected chi connectivity index (χ2v) is 8.19. The summed E-state index contributed by atoms with van der Waals surface area (Å²) in [5.41, 5.74) is 3.59. The summed E-state index contributed by atoms with van der Waals surface area (Å²) < 4.78 is 5.81. The molecular formula is C23H22N2O4S. The lowest BCUT2D eigenvalue weighted by Crippen LogP contribution is -2.44. The highest BCUT2D eigenvalue weighted by molar-refractivity contribution is 7.09. The van der Waals surface area contributed by atoms with Gasteiger partial charge in [-0.05, 0) is 55.7 Å². The van der Waals surface area contributed by atoms with Crippen LogP contribution in [-0.4, -0.2) is 28.1 Å². The van der Waals surface area contributed by atoms with Gasteiger partial charge in [0, 0.05) is 10.9 Å². The smallest absolute Gasteiger partial charge is 0.335 e. The second kappa shape index (κ2) is 8.28. The van der Waals surface area contributed by atoms with Gasteiger partial charge in [0.25, 0.3) is 5.91 Å². The molecule has 2 heterocycles. The van der Waals surface area contributed by atoms with Gasteiger partial charge in [0.2, 0.25) is 0 Å². The van der Waals surface area contributed by atoms with E-state index in [-0.39, 0.29) is 11.5 Å². The van der Waals surface area contributed by atoms with Gasteiger partial charge in [-0.25, -0.2) is 9.78 Å². The molecule has 1 aromatic heterocycles. The van der Waals surface area contributed by atoms with Crippen LogP contribution in [0.15, 0.2) is 47.8 Å². The molecule has 1 atom stereocenters. The first-order valence-electron chi connectivity index (χ1n) is 9.85. The molecule has 30 heavy (non-hydrogen) atoms. The zero-order valence-corrected chi connectivity index (χ0v) is 17.6. The Morgan fingerprint density at radius 1 is 1.23 bits per heavy atom. The third-order valence-electron chi connectivity index (χ3n) is 5.02. The fourth-order valence-corrected chi connectivity index (χ4v) is 4.35. The Kier molecular flexibility index (Phi) is 5.55. The number of hydrogen-bond donors (Lipinski definition) is 1. The molecule has 3 aromatic rings. The van der Waals surface area contributed by atoms with E-state index in [1.54, 1.807) is 47.4 Å². The van der Waals surface area contributed by atoms with Crippen molar-refractivity contribution in [2.75, 3.05) is 4.90 Å². The van der Waals surface area contributed by atoms with Crippen LogP contribution < -0.4 is 9.64 Å². The summed E-state index contributed by atoms with van der Waals surface area (Å²) in [4.78, 5) is 30.4. The summed E-state index contributed by atoms with van der Waals surface area (Å²) in [7, 11) is 0. The minimum atomic E-state index is -0.974. The highest BCUT2D eigenvalue weighted by Crippen LogP contribution is 2.38. The standard InChI is InChI=1S/C23H22N2O4S/c1-3-4-21-24-18(13-30-21)17-9-10-20-19(11-17)25(22(26)14(2)29-20)12-15-5-7-16(8-6-15)23(27)28/h5-11,13-14H,3-4,12H2,1-2H3,(H,27,28). The molecule has 4 rings (SSSR count). The molecule has 1 N–H and O–H groups in total. The number of carbonyl (C=O) groups excluding carboxylic acids is 1. The second-order valence-electron chi connectivity index (χ2n) is 7.25. The normalized spacial score (nSPS) is 15.6. The Labute approximate surface area is 178 Å². The van der Waals surface area contributed by atoms with Crippen LogP contribution in [0.1, 0.15) is 41.2 Å². The molecular weight excluding hydrogens is 400 g/mol. The summed E-state index contributed by atoms with van der Waals surface area (Å²) in [5, 5.41) is 12.2. The molecule has 1 unspecified atom stereocenters. The van der Waals surface area contributed by atoms with Crippen molar-refractivity contribution in [2.45, 2.75) is 39.3 Å². The lowest BCUT2D eigenvalue weighted by Gasteiger charge is -2.33. The van der Waals surface area contributed by atoms with Gasteiger partial charge in [-0.15, -0.1) is 11.3 Å². The fourth-order valence-electron chi connectivity index (χ4n) is 3.44. The number of aromatic nitrogens is 1. The third-order valence-corrected chi connectivity index (χ3v) is 5.93. The van der Waals surface area contributed by atoms with E-state index >= 15 is 0 Å². The molecule has 0 bridgehead atoms. The van der Waals surface area contributed by atoms with Gasteiger partial charge >= 0.3 is 5.97 Å². The van der Waals surface area contributed by atoms with Gasteiger partial charge in [-0.3, -0.25) is 4.79 Å². The van der Waals surface area contributed by atoms with Crippen LogP contribution in [0, 0.1) is 0 Å². The molecule has 0 aliphatic carbocycles. The van der Waals surface area contributed by atoms with Crippen LogP contribution in [0.4, 0.5) is 5.69 Å². The summed E-state index contributed by atoms with van der Waals surface area (Å²) in [6.07, 6.45) is 1.41. The van der Waals surface area contributed by atoms with E-state index in [4.69, 9.17) is 14.8 Å². The van der Waals surface area contributed by atoms with Gasteiger partial charge < -0.3 is 14.7 Å². The molecule has 0 radical (unpaired) electrons. The number of hydrogen-bond acceptors (Lipinski definition) is 5. The van der Waals surface area contributed by atoms with Crippen molar-refractivity contribution < 1.29 is 19.4 Å². The number of amides is 1. The van der Waals surface area contributed by atoms with Crippen molar-refractivity contribution in [1.29, 1.82) is 0 Å². The molecule has 2 aromatic carbocycles. The largest absolute Gasteiger partial charge is 0.479 e. The predicted molar refractivity (Wildman–Crippen MR) is 116 cm³/mol. The Morgan fingerprint density at radius 2 is 2.00 bits per heavy atom. The van der Waals surface area contributed by atoms with Crippen molar-refractivity contribution in [2.24, 2.45) is 0 Å². The van der Waals surface area contributed by atoms with Crippen molar-refractivity contribution in [1.82, 2.24) is 4.98 Å². The number of thiazole rings is 1. The summed E-state index contributed by atoms with van der Waals surface area (Å²) >= 11 is 1.64. The molecule has 1 amide bonds. The highest BCUT2D eigenvalue weighted by atomic mass is 32.1. The van der Waals surface area contributed by atoms with Gasteiger partial charge in [0.15, 0.2) is 6.10 Å². The molecule has 1 aliphatic heterocycles. The lowest BCUT2D eigenvalue weighted by atomic mass is 10.1. The van der Waals surface area contributed by atoms with Crippen molar-refractivity contribution in [3.63, 3.8) is 0 Å². The van der Waals surface area contributed by atoms with Crippen LogP contribution in [0.3, 0.4) is 0 Å². The minimum Gasteiger partial charge on any atom is -0.479 e. The Morgan fingerprint density at radius 3 is 2.70 bits per heavy atom. The number of carbonyl (C=O) groups is 2. The van der Waals surface area contributed by atoms with E-state index in [2.05, 4.69) is 6.92 Å². The van der Waals surface area contributed by atoms with E-state index in [1.165, 1.54) is 0 Å². The van der Waals surface area contributed by atoms with Crippen LogP contribution in [-0.2, 0) is 17.8 Å². The minimum absolute atomic E-state index is 0.132. The van der Waals surface area contributed by atoms with E-state index in [0.717, 1.165) is 34.7 Å². The average Bonchev–Trinajstić information content (AvgIpc) is 3.20. The molecule has 7 heteroatoms. The summed E-state index contributed by atoms with van der Waals surface area (Å²) in [6, 6.07) is 12.4. The van der Waals surface area contributed by atoms with Crippen LogP contribution in [0.25, 0.3) is 11.3 Å². The monoisotopic (exact) mass is 422 g/mol. The van der Waals surface area contributed by atoms with Crippen LogP contribution in [0.2, 0.25) is 0 Å². The fraction of sp³-hybridized carbons (Fsp3) is 0.261. The number of benzene rings is 2. The van der Waals surface area contributed by atoms with E-state index in [0.29, 0.717) is 18.0 Å². The molecule has 6 nitrogen and oxygen atoms in total. The molecule has 0 saturated heterocycles. The number of ether oxygens (including phenoxy) is 1. The topological polar surface area (TPSA) is 79.7 Å². The average molecular weight is 423 g/mol. The number of aryl methyl sites for hydroxylation is 1. The Bertz CT molecular complexity index is 1090. The first kappa shape index (κ1) is 20.1. The molecule has 0 fully saturated rings. The van der Waals surface area contributed by atoms with Gasteiger partial charge in [0.05, 0.1) is 28.5 Å².